The molecule has 0 bridgehead atoms. The Hall–Kier alpha value is -4.16. The fourth-order valence-corrected chi connectivity index (χ4v) is 6.48. The molecule has 0 N–H and O–H groups in total. The zero-order valence-electron chi connectivity index (χ0n) is 27.3. The molecular weight excluding hydrogens is 649 g/mol. The van der Waals surface area contributed by atoms with E-state index in [9.17, 15) is 14.0 Å². The summed E-state index contributed by atoms with van der Waals surface area (Å²) in [5, 5.41) is 5.31. The maximum Gasteiger partial charge on any atom is 0.277 e. The SMILES string of the molecule is CCN(CC)CCN(Cc1ccc(-c2ccc(Cl)cc2)nc1)C(C=O)n1cc(Cc2cnn(C)c2)c(=O)nc1SCc1ccc(F)cc1. The molecule has 0 amide bonds. The van der Waals surface area contributed by atoms with Crippen LogP contribution in [0, 0.1) is 5.82 Å². The number of benzene rings is 2. The standard InChI is InChI=1S/C36H39ClFN7O2S/c1-4-43(5-2)16-17-44(22-27-8-15-33(39-19-27)29-9-11-31(37)12-10-29)34(24-46)45-23-30(18-28-20-40-42(3)21-28)35(47)41-36(45)48-25-26-6-13-32(38)14-7-26/h6-15,19-21,23-24,34H,4-5,16-18,22,25H2,1-3H3. The Balaban J connectivity index is 1.50. The van der Waals surface area contributed by atoms with Crippen molar-refractivity contribution in [2.24, 2.45) is 7.05 Å². The van der Waals surface area contributed by atoms with Crippen molar-refractivity contribution in [3.8, 4) is 11.3 Å². The smallest absolute Gasteiger partial charge is 0.277 e. The molecule has 0 aliphatic rings. The van der Waals surface area contributed by atoms with Gasteiger partial charge in [-0.25, -0.2) is 4.39 Å². The van der Waals surface area contributed by atoms with E-state index in [1.165, 1.54) is 23.9 Å². The lowest BCUT2D eigenvalue weighted by molar-refractivity contribution is -0.116. The number of aryl methyl sites for hydroxylation is 1. The predicted molar refractivity (Wildman–Crippen MR) is 188 cm³/mol. The van der Waals surface area contributed by atoms with Crippen LogP contribution in [0.2, 0.25) is 5.02 Å². The molecule has 1 atom stereocenters. The van der Waals surface area contributed by atoms with E-state index in [0.29, 0.717) is 41.0 Å². The molecular formula is C36H39ClFN7O2S. The van der Waals surface area contributed by atoms with Gasteiger partial charge in [-0.1, -0.05) is 67.5 Å². The van der Waals surface area contributed by atoms with Crippen molar-refractivity contribution in [3.05, 3.63) is 129 Å². The maximum atomic E-state index is 13.6. The molecule has 0 radical (unpaired) electrons. The number of hydrogen-bond donors (Lipinski definition) is 0. The van der Waals surface area contributed by atoms with E-state index >= 15 is 0 Å². The summed E-state index contributed by atoms with van der Waals surface area (Å²) in [5.74, 6) is 0.120. The third-order valence-corrected chi connectivity index (χ3v) is 9.44. The summed E-state index contributed by atoms with van der Waals surface area (Å²) in [5.41, 5.74) is 4.54. The molecule has 5 rings (SSSR count). The fourth-order valence-electron chi connectivity index (χ4n) is 5.41. The second-order valence-electron chi connectivity index (χ2n) is 11.5. The number of aldehydes is 1. The predicted octanol–water partition coefficient (Wildman–Crippen LogP) is 6.26. The molecule has 0 saturated heterocycles. The molecule has 0 fully saturated rings. The molecule has 5 aromatic rings. The first kappa shape index (κ1) is 35.2. The van der Waals surface area contributed by atoms with Gasteiger partial charge < -0.3 is 9.47 Å². The van der Waals surface area contributed by atoms with Crippen LogP contribution in [0.25, 0.3) is 11.3 Å². The van der Waals surface area contributed by atoms with Crippen LogP contribution in [-0.4, -0.2) is 66.6 Å². The Morgan fingerprint density at radius 3 is 2.29 bits per heavy atom. The first-order valence-corrected chi connectivity index (χ1v) is 17.2. The Bertz CT molecular complexity index is 1840. The van der Waals surface area contributed by atoms with E-state index in [4.69, 9.17) is 16.6 Å². The summed E-state index contributed by atoms with van der Waals surface area (Å²) in [7, 11) is 1.82. The molecule has 48 heavy (non-hydrogen) atoms. The van der Waals surface area contributed by atoms with E-state index in [1.807, 2.05) is 55.8 Å². The van der Waals surface area contributed by atoms with Gasteiger partial charge in [0.1, 0.15) is 12.0 Å². The Morgan fingerprint density at radius 2 is 1.67 bits per heavy atom. The largest absolute Gasteiger partial charge is 0.304 e. The minimum atomic E-state index is -0.770. The molecule has 12 heteroatoms. The maximum absolute atomic E-state index is 13.6. The first-order chi connectivity index (χ1) is 23.3. The van der Waals surface area contributed by atoms with Gasteiger partial charge in [-0.05, 0) is 60.1 Å². The van der Waals surface area contributed by atoms with Crippen LogP contribution in [0.3, 0.4) is 0 Å². The van der Waals surface area contributed by atoms with Crippen molar-refractivity contribution < 1.29 is 9.18 Å². The second-order valence-corrected chi connectivity index (χ2v) is 12.9. The van der Waals surface area contributed by atoms with Crippen molar-refractivity contribution in [3.63, 3.8) is 0 Å². The summed E-state index contributed by atoms with van der Waals surface area (Å²) in [6.07, 6.45) is 7.61. The Kier molecular flexibility index (Phi) is 12.3. The number of carbonyl (C=O) groups is 1. The third kappa shape index (κ3) is 9.25. The summed E-state index contributed by atoms with van der Waals surface area (Å²) in [6.45, 7) is 7.74. The summed E-state index contributed by atoms with van der Waals surface area (Å²) >= 11 is 7.41. The van der Waals surface area contributed by atoms with Crippen LogP contribution >= 0.6 is 23.4 Å². The van der Waals surface area contributed by atoms with Crippen LogP contribution < -0.4 is 5.56 Å². The van der Waals surface area contributed by atoms with Gasteiger partial charge in [-0.2, -0.15) is 10.1 Å². The molecule has 0 spiro atoms. The van der Waals surface area contributed by atoms with Crippen molar-refractivity contribution in [1.82, 2.24) is 34.1 Å². The normalized spacial score (nSPS) is 12.1. The number of carbonyl (C=O) groups excluding carboxylic acids is 1. The first-order valence-electron chi connectivity index (χ1n) is 15.9. The average molecular weight is 688 g/mol. The third-order valence-electron chi connectivity index (χ3n) is 8.15. The van der Waals surface area contributed by atoms with E-state index in [-0.39, 0.29) is 11.4 Å². The quantitative estimate of drug-likeness (QED) is 0.0683. The van der Waals surface area contributed by atoms with E-state index in [1.54, 1.807) is 33.8 Å². The summed E-state index contributed by atoms with van der Waals surface area (Å²) < 4.78 is 17.1. The highest BCUT2D eigenvalue weighted by molar-refractivity contribution is 7.98. The van der Waals surface area contributed by atoms with Gasteiger partial charge in [0, 0.05) is 73.6 Å². The van der Waals surface area contributed by atoms with Crippen LogP contribution in [-0.2, 0) is 30.6 Å². The molecule has 0 aliphatic heterocycles. The highest BCUT2D eigenvalue weighted by Crippen LogP contribution is 2.27. The molecule has 0 aliphatic carbocycles. The lowest BCUT2D eigenvalue weighted by Crippen LogP contribution is -2.40. The molecule has 2 aromatic carbocycles. The highest BCUT2D eigenvalue weighted by atomic mass is 35.5. The second kappa shape index (κ2) is 16.8. The van der Waals surface area contributed by atoms with Gasteiger partial charge in [0.05, 0.1) is 11.9 Å². The molecule has 3 heterocycles. The number of halogens is 2. The summed E-state index contributed by atoms with van der Waals surface area (Å²) in [4.78, 5) is 40.1. The molecule has 1 unspecified atom stereocenters. The molecule has 250 valence electrons. The molecule has 3 aromatic heterocycles. The number of aromatic nitrogens is 5. The van der Waals surface area contributed by atoms with Crippen LogP contribution in [0.15, 0.2) is 95.4 Å². The highest BCUT2D eigenvalue weighted by Gasteiger charge is 2.25. The fraction of sp³-hybridized carbons (Fsp3) is 0.306. The molecule has 0 saturated carbocycles. The van der Waals surface area contributed by atoms with Crippen LogP contribution in [0.1, 0.15) is 42.3 Å². The van der Waals surface area contributed by atoms with Crippen LogP contribution in [0.4, 0.5) is 4.39 Å². The van der Waals surface area contributed by atoms with Crippen LogP contribution in [0.5, 0.6) is 0 Å². The Morgan fingerprint density at radius 1 is 0.938 bits per heavy atom. The van der Waals surface area contributed by atoms with E-state index in [0.717, 1.165) is 53.9 Å². The minimum Gasteiger partial charge on any atom is -0.304 e. The van der Waals surface area contributed by atoms with Crippen molar-refractivity contribution in [2.75, 3.05) is 26.2 Å². The topological polar surface area (TPSA) is 89.1 Å². The number of hydrogen-bond acceptors (Lipinski definition) is 8. The van der Waals surface area contributed by atoms with Gasteiger partial charge in [0.2, 0.25) is 0 Å². The summed E-state index contributed by atoms with van der Waals surface area (Å²) in [6, 6.07) is 17.7. The number of likely N-dealkylation sites (N-methyl/N-ethyl adjacent to an activating group) is 1. The number of thioether (sulfide) groups is 1. The van der Waals surface area contributed by atoms with E-state index < -0.39 is 6.17 Å². The van der Waals surface area contributed by atoms with Gasteiger partial charge >= 0.3 is 0 Å². The number of nitrogens with zero attached hydrogens (tertiary/aromatic N) is 7. The number of rotatable bonds is 16. The van der Waals surface area contributed by atoms with Crippen molar-refractivity contribution >= 4 is 29.6 Å². The van der Waals surface area contributed by atoms with Gasteiger partial charge in [-0.15, -0.1) is 0 Å². The minimum absolute atomic E-state index is 0.320. The zero-order chi connectivity index (χ0) is 34.0. The van der Waals surface area contributed by atoms with Gasteiger partial charge in [-0.3, -0.25) is 24.2 Å². The Labute approximate surface area is 289 Å². The number of pyridine rings is 1. The van der Waals surface area contributed by atoms with Gasteiger partial charge in [0.15, 0.2) is 11.4 Å². The molecule has 9 nitrogen and oxygen atoms in total. The average Bonchev–Trinajstić information content (AvgIpc) is 3.51. The van der Waals surface area contributed by atoms with E-state index in [2.05, 4.69) is 33.7 Å². The monoisotopic (exact) mass is 687 g/mol. The zero-order valence-corrected chi connectivity index (χ0v) is 28.9. The van der Waals surface area contributed by atoms with Gasteiger partial charge in [0.25, 0.3) is 5.56 Å². The lowest BCUT2D eigenvalue weighted by Gasteiger charge is -2.33. The van der Waals surface area contributed by atoms with Crippen molar-refractivity contribution in [2.45, 2.75) is 43.9 Å². The van der Waals surface area contributed by atoms with Crippen molar-refractivity contribution in [1.29, 1.82) is 0 Å². The lowest BCUT2D eigenvalue weighted by atomic mass is 10.1.